The van der Waals surface area contributed by atoms with E-state index in [4.69, 9.17) is 4.74 Å². The first kappa shape index (κ1) is 14.6. The number of alkyl halides is 3. The van der Waals surface area contributed by atoms with E-state index in [9.17, 15) is 18.0 Å². The fourth-order valence-corrected chi connectivity index (χ4v) is 1.88. The molecular weight excluding hydrogens is 271 g/mol. The van der Waals surface area contributed by atoms with Crippen LogP contribution in [0.2, 0.25) is 0 Å². The molecule has 0 saturated carbocycles. The summed E-state index contributed by atoms with van der Waals surface area (Å²) >= 11 is 0. The second-order valence-corrected chi connectivity index (χ2v) is 4.39. The molecule has 0 N–H and O–H groups in total. The van der Waals surface area contributed by atoms with Gasteiger partial charge in [-0.15, -0.1) is 0 Å². The van der Waals surface area contributed by atoms with Gasteiger partial charge in [0.25, 0.3) is 0 Å². The van der Waals surface area contributed by atoms with Gasteiger partial charge < -0.3 is 9.64 Å². The molecule has 1 aromatic rings. The number of ether oxygens (including phenoxy) is 1. The molecule has 1 aliphatic heterocycles. The van der Waals surface area contributed by atoms with Gasteiger partial charge in [0.1, 0.15) is 0 Å². The highest BCUT2D eigenvalue weighted by atomic mass is 19.4. The zero-order chi connectivity index (χ0) is 14.6. The zero-order valence-corrected chi connectivity index (χ0v) is 10.7. The summed E-state index contributed by atoms with van der Waals surface area (Å²) in [5.41, 5.74) is -0.375. The lowest BCUT2D eigenvalue weighted by Gasteiger charge is -2.25. The minimum Gasteiger partial charge on any atom is -0.378 e. The third-order valence-corrected chi connectivity index (χ3v) is 2.96. The van der Waals surface area contributed by atoms with Crippen LogP contribution in [0.5, 0.6) is 0 Å². The Hall–Kier alpha value is -1.82. The molecule has 1 saturated heterocycles. The van der Waals surface area contributed by atoms with Gasteiger partial charge in [-0.3, -0.25) is 4.79 Å². The van der Waals surface area contributed by atoms with E-state index < -0.39 is 11.7 Å². The number of benzene rings is 1. The van der Waals surface area contributed by atoms with Crippen molar-refractivity contribution in [1.29, 1.82) is 0 Å². The number of carbonyl (C=O) groups excluding carboxylic acids is 1. The van der Waals surface area contributed by atoms with Crippen LogP contribution in [0, 0.1) is 0 Å². The quantitative estimate of drug-likeness (QED) is 0.782. The van der Waals surface area contributed by atoms with E-state index >= 15 is 0 Å². The Morgan fingerprint density at radius 2 is 1.95 bits per heavy atom. The van der Waals surface area contributed by atoms with Gasteiger partial charge in [0.15, 0.2) is 0 Å². The van der Waals surface area contributed by atoms with Crippen molar-refractivity contribution in [3.8, 4) is 0 Å². The highest BCUT2D eigenvalue weighted by Gasteiger charge is 2.30. The first-order chi connectivity index (χ1) is 9.47. The standard InChI is InChI=1S/C14H14F3NO2/c15-14(16,17)12-3-1-2-11(10-12)4-5-13(19)18-6-8-20-9-7-18/h1-5,10H,6-9H2/b5-4+. The van der Waals surface area contributed by atoms with Crippen LogP contribution in [-0.4, -0.2) is 37.1 Å². The Bertz CT molecular complexity index is 505. The highest BCUT2D eigenvalue weighted by Crippen LogP contribution is 2.29. The lowest BCUT2D eigenvalue weighted by Crippen LogP contribution is -2.39. The van der Waals surface area contributed by atoms with Gasteiger partial charge in [-0.1, -0.05) is 12.1 Å². The zero-order valence-electron chi connectivity index (χ0n) is 10.7. The SMILES string of the molecule is O=C(/C=C/c1cccc(C(F)(F)F)c1)N1CCOCC1. The summed E-state index contributed by atoms with van der Waals surface area (Å²) in [7, 11) is 0. The van der Waals surface area contributed by atoms with Crippen LogP contribution < -0.4 is 0 Å². The van der Waals surface area contributed by atoms with Crippen LogP contribution in [-0.2, 0) is 15.7 Å². The fraction of sp³-hybridized carbons (Fsp3) is 0.357. The molecule has 0 aliphatic carbocycles. The molecular formula is C14H14F3NO2. The molecule has 1 fully saturated rings. The Morgan fingerprint density at radius 1 is 1.25 bits per heavy atom. The van der Waals surface area contributed by atoms with Crippen molar-refractivity contribution >= 4 is 12.0 Å². The normalized spacial score (nSPS) is 16.6. The predicted molar refractivity (Wildman–Crippen MR) is 67.9 cm³/mol. The van der Waals surface area contributed by atoms with Crippen molar-refractivity contribution < 1.29 is 22.7 Å². The summed E-state index contributed by atoms with van der Waals surface area (Å²) in [6.45, 7) is 1.99. The second-order valence-electron chi connectivity index (χ2n) is 4.39. The lowest BCUT2D eigenvalue weighted by atomic mass is 10.1. The average Bonchev–Trinajstić information content (AvgIpc) is 2.45. The van der Waals surface area contributed by atoms with Crippen molar-refractivity contribution in [1.82, 2.24) is 4.90 Å². The van der Waals surface area contributed by atoms with Crippen LogP contribution in [0.3, 0.4) is 0 Å². The molecule has 0 atom stereocenters. The van der Waals surface area contributed by atoms with Gasteiger partial charge in [-0.2, -0.15) is 13.2 Å². The van der Waals surface area contributed by atoms with Gasteiger partial charge in [-0.25, -0.2) is 0 Å². The van der Waals surface area contributed by atoms with Crippen molar-refractivity contribution in [3.63, 3.8) is 0 Å². The Labute approximate surface area is 114 Å². The molecule has 108 valence electrons. The average molecular weight is 285 g/mol. The number of amides is 1. The number of halogens is 3. The maximum Gasteiger partial charge on any atom is 0.416 e. The molecule has 1 amide bonds. The topological polar surface area (TPSA) is 29.5 Å². The minimum absolute atomic E-state index is 0.217. The van der Waals surface area contributed by atoms with E-state index in [0.29, 0.717) is 31.9 Å². The molecule has 1 aromatic carbocycles. The highest BCUT2D eigenvalue weighted by molar-refractivity contribution is 5.91. The van der Waals surface area contributed by atoms with Gasteiger partial charge in [0.2, 0.25) is 5.91 Å². The summed E-state index contributed by atoms with van der Waals surface area (Å²) in [6.07, 6.45) is -1.69. The first-order valence-corrected chi connectivity index (χ1v) is 6.19. The smallest absolute Gasteiger partial charge is 0.378 e. The van der Waals surface area contributed by atoms with Crippen molar-refractivity contribution in [2.24, 2.45) is 0 Å². The van der Waals surface area contributed by atoms with Crippen molar-refractivity contribution in [3.05, 3.63) is 41.5 Å². The van der Waals surface area contributed by atoms with Crippen molar-refractivity contribution in [2.45, 2.75) is 6.18 Å². The Balaban J connectivity index is 2.05. The van der Waals surface area contributed by atoms with Gasteiger partial charge in [-0.05, 0) is 23.8 Å². The molecule has 1 heterocycles. The molecule has 2 rings (SSSR count). The third kappa shape index (κ3) is 3.84. The summed E-state index contributed by atoms with van der Waals surface area (Å²) in [5.74, 6) is -0.217. The van der Waals surface area contributed by atoms with E-state index in [0.717, 1.165) is 12.1 Å². The van der Waals surface area contributed by atoms with E-state index in [-0.39, 0.29) is 5.91 Å². The van der Waals surface area contributed by atoms with Crippen LogP contribution in [0.4, 0.5) is 13.2 Å². The molecule has 0 aromatic heterocycles. The number of morpholine rings is 1. The maximum atomic E-state index is 12.5. The summed E-state index contributed by atoms with van der Waals surface area (Å²) in [4.78, 5) is 13.4. The van der Waals surface area contributed by atoms with Crippen LogP contribution in [0.1, 0.15) is 11.1 Å². The molecule has 0 radical (unpaired) electrons. The maximum absolute atomic E-state index is 12.5. The molecule has 0 unspecified atom stereocenters. The van der Waals surface area contributed by atoms with Crippen LogP contribution in [0.25, 0.3) is 6.08 Å². The molecule has 3 nitrogen and oxygen atoms in total. The molecule has 0 spiro atoms. The third-order valence-electron chi connectivity index (χ3n) is 2.96. The molecule has 0 bridgehead atoms. The summed E-state index contributed by atoms with van der Waals surface area (Å²) in [5, 5.41) is 0. The van der Waals surface area contributed by atoms with E-state index in [1.807, 2.05) is 0 Å². The predicted octanol–water partition coefficient (Wildman–Crippen LogP) is 2.58. The first-order valence-electron chi connectivity index (χ1n) is 6.19. The largest absolute Gasteiger partial charge is 0.416 e. The van der Waals surface area contributed by atoms with Gasteiger partial charge in [0.05, 0.1) is 18.8 Å². The number of carbonyl (C=O) groups is 1. The molecule has 6 heteroatoms. The van der Waals surface area contributed by atoms with Gasteiger partial charge >= 0.3 is 6.18 Å². The number of hydrogen-bond donors (Lipinski definition) is 0. The number of rotatable bonds is 2. The molecule has 1 aliphatic rings. The Kier molecular flexibility index (Phi) is 4.44. The second kappa shape index (κ2) is 6.09. The van der Waals surface area contributed by atoms with E-state index in [1.54, 1.807) is 4.90 Å². The van der Waals surface area contributed by atoms with Crippen molar-refractivity contribution in [2.75, 3.05) is 26.3 Å². The van der Waals surface area contributed by atoms with Gasteiger partial charge in [0, 0.05) is 19.2 Å². The number of hydrogen-bond acceptors (Lipinski definition) is 2. The van der Waals surface area contributed by atoms with Crippen LogP contribution in [0.15, 0.2) is 30.3 Å². The lowest BCUT2D eigenvalue weighted by molar-refractivity contribution is -0.137. The fourth-order valence-electron chi connectivity index (χ4n) is 1.88. The molecule has 20 heavy (non-hydrogen) atoms. The monoisotopic (exact) mass is 285 g/mol. The van der Waals surface area contributed by atoms with E-state index in [2.05, 4.69) is 0 Å². The Morgan fingerprint density at radius 3 is 2.60 bits per heavy atom. The minimum atomic E-state index is -4.38. The van der Waals surface area contributed by atoms with Crippen LogP contribution >= 0.6 is 0 Å². The van der Waals surface area contributed by atoms with E-state index in [1.165, 1.54) is 24.3 Å². The number of nitrogens with zero attached hydrogens (tertiary/aromatic N) is 1. The summed E-state index contributed by atoms with van der Waals surface area (Å²) < 4.78 is 42.8. The summed E-state index contributed by atoms with van der Waals surface area (Å²) in [6, 6.07) is 4.87.